The van der Waals surface area contributed by atoms with E-state index in [1.54, 1.807) is 12.1 Å². The van der Waals surface area contributed by atoms with E-state index in [2.05, 4.69) is 21.2 Å². The predicted molar refractivity (Wildman–Crippen MR) is 160 cm³/mol. The lowest BCUT2D eigenvalue weighted by atomic mass is 10.0. The highest BCUT2D eigenvalue weighted by molar-refractivity contribution is 9.10. The highest BCUT2D eigenvalue weighted by Crippen LogP contribution is 2.25. The Morgan fingerprint density at radius 2 is 1.56 bits per heavy atom. The van der Waals surface area contributed by atoms with Crippen LogP contribution in [0.2, 0.25) is 0 Å². The Kier molecular flexibility index (Phi) is 10.7. The van der Waals surface area contributed by atoms with E-state index in [9.17, 15) is 18.0 Å². The van der Waals surface area contributed by atoms with E-state index < -0.39 is 28.5 Å². The second-order valence-corrected chi connectivity index (χ2v) is 12.6. The van der Waals surface area contributed by atoms with Crippen molar-refractivity contribution in [1.82, 2.24) is 10.2 Å². The predicted octanol–water partition coefficient (Wildman–Crippen LogP) is 4.94. The van der Waals surface area contributed by atoms with Gasteiger partial charge in [-0.3, -0.25) is 13.9 Å². The monoisotopic (exact) mass is 613 g/mol. The first-order valence-corrected chi connectivity index (χ1v) is 15.6. The molecule has 9 heteroatoms. The molecule has 0 aromatic heterocycles. The zero-order valence-electron chi connectivity index (χ0n) is 22.8. The van der Waals surface area contributed by atoms with E-state index >= 15 is 0 Å². The Bertz CT molecular complexity index is 1380. The van der Waals surface area contributed by atoms with Gasteiger partial charge in [0.15, 0.2) is 0 Å². The van der Waals surface area contributed by atoms with Gasteiger partial charge in [0.05, 0.1) is 11.9 Å². The van der Waals surface area contributed by atoms with E-state index in [0.29, 0.717) is 12.1 Å². The number of halogens is 1. The van der Waals surface area contributed by atoms with Crippen molar-refractivity contribution >= 4 is 43.5 Å². The van der Waals surface area contributed by atoms with Crippen LogP contribution in [0.3, 0.4) is 0 Å². The summed E-state index contributed by atoms with van der Waals surface area (Å²) in [7, 11) is -3.80. The van der Waals surface area contributed by atoms with Gasteiger partial charge in [-0.15, -0.1) is 0 Å². The van der Waals surface area contributed by atoms with E-state index in [1.165, 1.54) is 4.90 Å². The van der Waals surface area contributed by atoms with Crippen LogP contribution in [0.15, 0.2) is 83.3 Å². The standard InChI is InChI=1S/C30H36BrN3O4S/c1-5-25-15-9-10-17-27(25)34(39(4,37)38)21-29(35)33(20-24-14-11-16-26(31)18-24)28(30(36)32-22(2)3)19-23-12-7-6-8-13-23/h6-18,22,28H,5,19-21H2,1-4H3,(H,32,36). The summed E-state index contributed by atoms with van der Waals surface area (Å²) < 4.78 is 27.9. The molecule has 7 nitrogen and oxygen atoms in total. The van der Waals surface area contributed by atoms with Gasteiger partial charge in [0.25, 0.3) is 0 Å². The van der Waals surface area contributed by atoms with Crippen molar-refractivity contribution in [3.8, 4) is 0 Å². The van der Waals surface area contributed by atoms with Gasteiger partial charge in [-0.2, -0.15) is 0 Å². The molecule has 0 heterocycles. The normalized spacial score (nSPS) is 12.2. The molecule has 0 aliphatic carbocycles. The summed E-state index contributed by atoms with van der Waals surface area (Å²) in [4.78, 5) is 29.2. The van der Waals surface area contributed by atoms with Gasteiger partial charge in [0.2, 0.25) is 21.8 Å². The summed E-state index contributed by atoms with van der Waals surface area (Å²) in [6.07, 6.45) is 1.98. The lowest BCUT2D eigenvalue weighted by molar-refractivity contribution is -0.140. The van der Waals surface area contributed by atoms with Crippen molar-refractivity contribution in [3.05, 3.63) is 100 Å². The fraction of sp³-hybridized carbons (Fsp3) is 0.333. The molecule has 0 bridgehead atoms. The van der Waals surface area contributed by atoms with Crippen LogP contribution < -0.4 is 9.62 Å². The number of para-hydroxylation sites is 1. The van der Waals surface area contributed by atoms with Crippen LogP contribution in [0, 0.1) is 0 Å². The average molecular weight is 615 g/mol. The molecule has 0 aliphatic rings. The SMILES string of the molecule is CCc1ccccc1N(CC(=O)N(Cc1cccc(Br)c1)C(Cc1ccccc1)C(=O)NC(C)C)S(C)(=O)=O. The van der Waals surface area contributed by atoms with Crippen LogP contribution in [0.1, 0.15) is 37.5 Å². The van der Waals surface area contributed by atoms with Gasteiger partial charge in [0, 0.05) is 23.5 Å². The fourth-order valence-electron chi connectivity index (χ4n) is 4.41. The minimum Gasteiger partial charge on any atom is -0.352 e. The third-order valence-electron chi connectivity index (χ3n) is 6.26. The third-order valence-corrected chi connectivity index (χ3v) is 7.88. The van der Waals surface area contributed by atoms with Crippen LogP contribution in [0.25, 0.3) is 0 Å². The number of nitrogens with one attached hydrogen (secondary N) is 1. The minimum absolute atomic E-state index is 0.133. The number of carbonyl (C=O) groups excluding carboxylic acids is 2. The van der Waals surface area contributed by atoms with Gasteiger partial charge >= 0.3 is 0 Å². The molecular formula is C30H36BrN3O4S. The molecule has 208 valence electrons. The smallest absolute Gasteiger partial charge is 0.244 e. The molecule has 1 atom stereocenters. The summed E-state index contributed by atoms with van der Waals surface area (Å²) in [5.74, 6) is -0.761. The van der Waals surface area contributed by atoms with Crippen LogP contribution in [-0.4, -0.2) is 50.0 Å². The highest BCUT2D eigenvalue weighted by Gasteiger charge is 2.33. The van der Waals surface area contributed by atoms with E-state index in [4.69, 9.17) is 0 Å². The molecule has 0 aliphatic heterocycles. The molecule has 39 heavy (non-hydrogen) atoms. The maximum absolute atomic E-state index is 14.1. The van der Waals surface area contributed by atoms with Crippen LogP contribution >= 0.6 is 15.9 Å². The first-order valence-electron chi connectivity index (χ1n) is 12.9. The number of hydrogen-bond acceptors (Lipinski definition) is 4. The summed E-state index contributed by atoms with van der Waals surface area (Å²) >= 11 is 3.48. The number of carbonyl (C=O) groups is 2. The van der Waals surface area contributed by atoms with E-state index in [-0.39, 0.29) is 24.9 Å². The summed E-state index contributed by atoms with van der Waals surface area (Å²) in [6.45, 7) is 5.38. The lowest BCUT2D eigenvalue weighted by Gasteiger charge is -2.34. The van der Waals surface area contributed by atoms with E-state index in [0.717, 1.165) is 31.7 Å². The Balaban J connectivity index is 2.08. The number of aryl methyl sites for hydroxylation is 1. The second kappa shape index (κ2) is 13.8. The number of nitrogens with zero attached hydrogens (tertiary/aromatic N) is 2. The third kappa shape index (κ3) is 8.66. The highest BCUT2D eigenvalue weighted by atomic mass is 79.9. The Hall–Kier alpha value is -3.17. The van der Waals surface area contributed by atoms with Crippen LogP contribution in [0.4, 0.5) is 5.69 Å². The van der Waals surface area contributed by atoms with Crippen molar-refractivity contribution in [1.29, 1.82) is 0 Å². The maximum Gasteiger partial charge on any atom is 0.244 e. The number of rotatable bonds is 12. The minimum atomic E-state index is -3.80. The maximum atomic E-state index is 14.1. The summed E-state index contributed by atoms with van der Waals surface area (Å²) in [6, 6.07) is 23.2. The average Bonchev–Trinajstić information content (AvgIpc) is 2.88. The summed E-state index contributed by atoms with van der Waals surface area (Å²) in [5, 5.41) is 2.96. The van der Waals surface area contributed by atoms with Gasteiger partial charge in [-0.25, -0.2) is 8.42 Å². The van der Waals surface area contributed by atoms with Crippen molar-refractivity contribution in [2.24, 2.45) is 0 Å². The Labute approximate surface area is 240 Å². The molecular weight excluding hydrogens is 578 g/mol. The van der Waals surface area contributed by atoms with Gasteiger partial charge in [-0.05, 0) is 55.2 Å². The van der Waals surface area contributed by atoms with Crippen molar-refractivity contribution < 1.29 is 18.0 Å². The van der Waals surface area contributed by atoms with Crippen molar-refractivity contribution in [2.45, 2.75) is 52.2 Å². The molecule has 3 aromatic rings. The molecule has 3 aromatic carbocycles. The second-order valence-electron chi connectivity index (χ2n) is 9.77. The molecule has 0 saturated heterocycles. The quantitative estimate of drug-likeness (QED) is 0.313. The number of hydrogen-bond donors (Lipinski definition) is 1. The fourth-order valence-corrected chi connectivity index (χ4v) is 5.74. The van der Waals surface area contributed by atoms with Gasteiger partial charge < -0.3 is 10.2 Å². The Morgan fingerprint density at radius 3 is 2.18 bits per heavy atom. The summed E-state index contributed by atoms with van der Waals surface area (Å²) in [5.41, 5.74) is 2.98. The molecule has 0 radical (unpaired) electrons. The molecule has 0 fully saturated rings. The molecule has 1 N–H and O–H groups in total. The largest absolute Gasteiger partial charge is 0.352 e. The topological polar surface area (TPSA) is 86.8 Å². The van der Waals surface area contributed by atoms with Crippen LogP contribution in [0.5, 0.6) is 0 Å². The molecule has 0 saturated carbocycles. The van der Waals surface area contributed by atoms with Gasteiger partial charge in [0.1, 0.15) is 12.6 Å². The molecule has 0 spiro atoms. The first kappa shape index (κ1) is 30.4. The molecule has 3 rings (SSSR count). The Morgan fingerprint density at radius 1 is 0.923 bits per heavy atom. The number of sulfonamides is 1. The lowest BCUT2D eigenvalue weighted by Crippen LogP contribution is -2.54. The molecule has 1 unspecified atom stereocenters. The van der Waals surface area contributed by atoms with Crippen molar-refractivity contribution in [2.75, 3.05) is 17.1 Å². The zero-order chi connectivity index (χ0) is 28.6. The zero-order valence-corrected chi connectivity index (χ0v) is 25.2. The molecule has 2 amide bonds. The number of benzene rings is 3. The first-order chi connectivity index (χ1) is 18.5. The van der Waals surface area contributed by atoms with Crippen LogP contribution in [-0.2, 0) is 39.0 Å². The van der Waals surface area contributed by atoms with Gasteiger partial charge in [-0.1, -0.05) is 83.5 Å². The van der Waals surface area contributed by atoms with E-state index in [1.807, 2.05) is 87.5 Å². The van der Waals surface area contributed by atoms with Crippen molar-refractivity contribution in [3.63, 3.8) is 0 Å². The number of anilines is 1. The number of amides is 2.